The lowest BCUT2D eigenvalue weighted by Gasteiger charge is -2.14. The predicted molar refractivity (Wildman–Crippen MR) is 77.6 cm³/mol. The SMILES string of the molecule is O=C(NC1CCCC1)c1ccnc(NC2CCCC2)n1. The van der Waals surface area contributed by atoms with Crippen LogP contribution in [0, 0.1) is 0 Å². The van der Waals surface area contributed by atoms with Gasteiger partial charge in [-0.3, -0.25) is 4.79 Å². The van der Waals surface area contributed by atoms with Crippen LogP contribution in [0.4, 0.5) is 5.95 Å². The minimum absolute atomic E-state index is 0.0752. The van der Waals surface area contributed by atoms with Gasteiger partial charge < -0.3 is 10.6 Å². The molecule has 0 bridgehead atoms. The van der Waals surface area contributed by atoms with E-state index in [2.05, 4.69) is 20.6 Å². The Bertz CT molecular complexity index is 465. The van der Waals surface area contributed by atoms with Gasteiger partial charge in [0.25, 0.3) is 5.91 Å². The number of carbonyl (C=O) groups excluding carboxylic acids is 1. The summed E-state index contributed by atoms with van der Waals surface area (Å²) >= 11 is 0. The van der Waals surface area contributed by atoms with Gasteiger partial charge in [-0.05, 0) is 31.7 Å². The van der Waals surface area contributed by atoms with Gasteiger partial charge in [-0.1, -0.05) is 25.7 Å². The molecule has 1 aromatic rings. The first-order valence-electron chi connectivity index (χ1n) is 7.72. The number of anilines is 1. The minimum Gasteiger partial charge on any atom is -0.351 e. The summed E-state index contributed by atoms with van der Waals surface area (Å²) in [5.41, 5.74) is 0.465. The molecular formula is C15H22N4O. The largest absolute Gasteiger partial charge is 0.351 e. The van der Waals surface area contributed by atoms with E-state index in [-0.39, 0.29) is 5.91 Å². The van der Waals surface area contributed by atoms with Crippen LogP contribution >= 0.6 is 0 Å². The number of hydrogen-bond acceptors (Lipinski definition) is 4. The third-order valence-corrected chi connectivity index (χ3v) is 4.27. The molecule has 2 aliphatic rings. The highest BCUT2D eigenvalue weighted by Gasteiger charge is 2.20. The fourth-order valence-corrected chi connectivity index (χ4v) is 3.14. The number of hydrogen-bond donors (Lipinski definition) is 2. The summed E-state index contributed by atoms with van der Waals surface area (Å²) in [6, 6.07) is 2.47. The maximum atomic E-state index is 12.2. The van der Waals surface area contributed by atoms with Crippen molar-refractivity contribution in [2.24, 2.45) is 0 Å². The first-order valence-corrected chi connectivity index (χ1v) is 7.72. The molecule has 0 radical (unpaired) electrons. The van der Waals surface area contributed by atoms with Crippen LogP contribution in [0.2, 0.25) is 0 Å². The van der Waals surface area contributed by atoms with Gasteiger partial charge in [-0.15, -0.1) is 0 Å². The summed E-state index contributed by atoms with van der Waals surface area (Å²) in [5.74, 6) is 0.504. The molecule has 0 saturated heterocycles. The Kier molecular flexibility index (Phi) is 4.14. The number of amides is 1. The topological polar surface area (TPSA) is 66.9 Å². The Hall–Kier alpha value is -1.65. The Labute approximate surface area is 119 Å². The van der Waals surface area contributed by atoms with E-state index < -0.39 is 0 Å². The fraction of sp³-hybridized carbons (Fsp3) is 0.667. The zero-order valence-corrected chi connectivity index (χ0v) is 11.8. The molecule has 2 N–H and O–H groups in total. The van der Waals surface area contributed by atoms with Crippen molar-refractivity contribution in [3.63, 3.8) is 0 Å². The van der Waals surface area contributed by atoms with Crippen LogP contribution in [0.3, 0.4) is 0 Å². The summed E-state index contributed by atoms with van der Waals surface area (Å²) < 4.78 is 0. The molecule has 1 heterocycles. The molecular weight excluding hydrogens is 252 g/mol. The summed E-state index contributed by atoms with van der Waals surface area (Å²) in [6.07, 6.45) is 11.1. The average Bonchev–Trinajstić information content (AvgIpc) is 3.12. The number of rotatable bonds is 4. The molecule has 2 saturated carbocycles. The maximum absolute atomic E-state index is 12.2. The van der Waals surface area contributed by atoms with Crippen LogP contribution in [-0.4, -0.2) is 28.0 Å². The average molecular weight is 274 g/mol. The molecule has 5 heteroatoms. The number of aromatic nitrogens is 2. The monoisotopic (exact) mass is 274 g/mol. The van der Waals surface area contributed by atoms with Gasteiger partial charge >= 0.3 is 0 Å². The third kappa shape index (κ3) is 3.26. The molecule has 0 unspecified atom stereocenters. The quantitative estimate of drug-likeness (QED) is 0.885. The molecule has 3 rings (SSSR count). The normalized spacial score (nSPS) is 20.2. The van der Waals surface area contributed by atoms with Gasteiger partial charge in [0.15, 0.2) is 0 Å². The van der Waals surface area contributed by atoms with Gasteiger partial charge in [0.1, 0.15) is 5.69 Å². The molecule has 1 aromatic heterocycles. The van der Waals surface area contributed by atoms with Gasteiger partial charge in [0.05, 0.1) is 0 Å². The standard InChI is InChI=1S/C15H22N4O/c20-14(17-11-5-1-2-6-11)13-9-10-16-15(19-13)18-12-7-3-4-8-12/h9-12H,1-8H2,(H,17,20)(H,16,18,19). The summed E-state index contributed by atoms with van der Waals surface area (Å²) in [7, 11) is 0. The highest BCUT2D eigenvalue weighted by Crippen LogP contribution is 2.21. The van der Waals surface area contributed by atoms with Crippen LogP contribution in [0.15, 0.2) is 12.3 Å². The van der Waals surface area contributed by atoms with E-state index in [1.54, 1.807) is 12.3 Å². The van der Waals surface area contributed by atoms with E-state index in [1.807, 2.05) is 0 Å². The predicted octanol–water partition coefficient (Wildman–Crippen LogP) is 2.50. The van der Waals surface area contributed by atoms with Crippen LogP contribution in [-0.2, 0) is 0 Å². The van der Waals surface area contributed by atoms with E-state index in [0.29, 0.717) is 23.7 Å². The van der Waals surface area contributed by atoms with E-state index in [1.165, 1.54) is 38.5 Å². The van der Waals surface area contributed by atoms with E-state index in [4.69, 9.17) is 0 Å². The van der Waals surface area contributed by atoms with E-state index >= 15 is 0 Å². The van der Waals surface area contributed by atoms with Crippen molar-refractivity contribution in [2.75, 3.05) is 5.32 Å². The number of nitrogens with zero attached hydrogens (tertiary/aromatic N) is 2. The maximum Gasteiger partial charge on any atom is 0.270 e. The Morgan fingerprint density at radius 2 is 1.70 bits per heavy atom. The zero-order valence-electron chi connectivity index (χ0n) is 11.8. The molecule has 0 spiro atoms. The summed E-state index contributed by atoms with van der Waals surface area (Å²) in [6.45, 7) is 0. The lowest BCUT2D eigenvalue weighted by molar-refractivity contribution is 0.0933. The van der Waals surface area contributed by atoms with Crippen molar-refractivity contribution >= 4 is 11.9 Å². The molecule has 0 aromatic carbocycles. The van der Waals surface area contributed by atoms with Crippen molar-refractivity contribution in [1.29, 1.82) is 0 Å². The van der Waals surface area contributed by atoms with E-state index in [9.17, 15) is 4.79 Å². The molecule has 108 valence electrons. The number of nitrogens with one attached hydrogen (secondary N) is 2. The molecule has 2 fully saturated rings. The molecule has 1 amide bonds. The van der Waals surface area contributed by atoms with Crippen molar-refractivity contribution in [3.05, 3.63) is 18.0 Å². The van der Waals surface area contributed by atoms with Crippen molar-refractivity contribution in [2.45, 2.75) is 63.5 Å². The van der Waals surface area contributed by atoms with Gasteiger partial charge in [-0.2, -0.15) is 0 Å². The second-order valence-corrected chi connectivity index (χ2v) is 5.85. The lowest BCUT2D eigenvalue weighted by atomic mass is 10.2. The van der Waals surface area contributed by atoms with Crippen molar-refractivity contribution in [1.82, 2.24) is 15.3 Å². The third-order valence-electron chi connectivity index (χ3n) is 4.27. The summed E-state index contributed by atoms with van der Waals surface area (Å²) in [4.78, 5) is 20.7. The minimum atomic E-state index is -0.0752. The van der Waals surface area contributed by atoms with Crippen LogP contribution in [0.25, 0.3) is 0 Å². The highest BCUT2D eigenvalue weighted by molar-refractivity contribution is 5.92. The fourth-order valence-electron chi connectivity index (χ4n) is 3.14. The summed E-state index contributed by atoms with van der Waals surface area (Å²) in [5, 5.41) is 6.39. The van der Waals surface area contributed by atoms with E-state index in [0.717, 1.165) is 12.8 Å². The number of carbonyl (C=O) groups is 1. The smallest absolute Gasteiger partial charge is 0.270 e. The van der Waals surface area contributed by atoms with Gasteiger partial charge in [0, 0.05) is 18.3 Å². The van der Waals surface area contributed by atoms with Crippen LogP contribution in [0.5, 0.6) is 0 Å². The molecule has 2 aliphatic carbocycles. The van der Waals surface area contributed by atoms with Crippen LogP contribution < -0.4 is 10.6 Å². The highest BCUT2D eigenvalue weighted by atomic mass is 16.1. The Morgan fingerprint density at radius 1 is 1.05 bits per heavy atom. The molecule has 5 nitrogen and oxygen atoms in total. The Balaban J connectivity index is 1.61. The lowest BCUT2D eigenvalue weighted by Crippen LogP contribution is -2.33. The molecule has 20 heavy (non-hydrogen) atoms. The molecule has 0 aliphatic heterocycles. The van der Waals surface area contributed by atoms with Gasteiger partial charge in [-0.25, -0.2) is 9.97 Å². The molecule has 0 atom stereocenters. The first kappa shape index (κ1) is 13.3. The second-order valence-electron chi connectivity index (χ2n) is 5.85. The van der Waals surface area contributed by atoms with Crippen LogP contribution in [0.1, 0.15) is 61.9 Å². The van der Waals surface area contributed by atoms with Crippen molar-refractivity contribution in [3.8, 4) is 0 Å². The second kappa shape index (κ2) is 6.20. The van der Waals surface area contributed by atoms with Gasteiger partial charge in [0.2, 0.25) is 5.95 Å². The Morgan fingerprint density at radius 3 is 2.40 bits per heavy atom. The zero-order chi connectivity index (χ0) is 13.8. The van der Waals surface area contributed by atoms with Crippen molar-refractivity contribution < 1.29 is 4.79 Å². The first-order chi connectivity index (χ1) is 9.81.